The number of aliphatic hydroxyl groups excluding tert-OH is 1. The summed E-state index contributed by atoms with van der Waals surface area (Å²) in [5.41, 5.74) is 2.36. The second kappa shape index (κ2) is 8.68. The van der Waals surface area contributed by atoms with Crippen LogP contribution in [0.2, 0.25) is 5.02 Å². The topological polar surface area (TPSA) is 78.6 Å². The predicted molar refractivity (Wildman–Crippen MR) is 113 cm³/mol. The van der Waals surface area contributed by atoms with Crippen LogP contribution in [0.4, 0.5) is 11.4 Å². The zero-order chi connectivity index (χ0) is 20.2. The Balaban J connectivity index is 1.55. The lowest BCUT2D eigenvalue weighted by molar-refractivity contribution is 0.0997. The average Bonchev–Trinajstić information content (AvgIpc) is 3.13. The lowest BCUT2D eigenvalue weighted by atomic mass is 10.2. The lowest BCUT2D eigenvalue weighted by Gasteiger charge is -2.25. The minimum atomic E-state index is -0.344. The normalized spacial score (nSPS) is 17.0. The number of anilines is 2. The van der Waals surface area contributed by atoms with Crippen molar-refractivity contribution in [3.8, 4) is 11.3 Å². The quantitative estimate of drug-likeness (QED) is 0.656. The van der Waals surface area contributed by atoms with Crippen molar-refractivity contribution in [2.24, 2.45) is 0 Å². The molecule has 1 amide bonds. The zero-order valence-electron chi connectivity index (χ0n) is 15.8. The molecule has 2 N–H and O–H groups in total. The van der Waals surface area contributed by atoms with Gasteiger partial charge in [0, 0.05) is 36.1 Å². The summed E-state index contributed by atoms with van der Waals surface area (Å²) in [4.78, 5) is 19.0. The number of rotatable bonds is 4. The van der Waals surface area contributed by atoms with Gasteiger partial charge in [0.15, 0.2) is 5.76 Å². The van der Waals surface area contributed by atoms with E-state index < -0.39 is 0 Å². The second-order valence-corrected chi connectivity index (χ2v) is 7.52. The third kappa shape index (κ3) is 4.60. The SMILES string of the molecule is O=C(Nc1cc(Cl)ccc1N1CCC[C@@H](O)CC1)c1ccc(-c2ccncc2)o1. The number of nitrogens with zero attached hydrogens (tertiary/aromatic N) is 2. The van der Waals surface area contributed by atoms with Crippen LogP contribution in [0.3, 0.4) is 0 Å². The smallest absolute Gasteiger partial charge is 0.291 e. The molecule has 1 atom stereocenters. The molecule has 1 saturated heterocycles. The number of aliphatic hydroxyl groups is 1. The Hall–Kier alpha value is -2.83. The monoisotopic (exact) mass is 411 g/mol. The summed E-state index contributed by atoms with van der Waals surface area (Å²) in [5.74, 6) is 0.475. The first-order chi connectivity index (χ1) is 14.1. The van der Waals surface area contributed by atoms with Crippen molar-refractivity contribution < 1.29 is 14.3 Å². The van der Waals surface area contributed by atoms with E-state index in [9.17, 15) is 9.90 Å². The molecule has 4 rings (SSSR count). The number of pyridine rings is 1. The van der Waals surface area contributed by atoms with Gasteiger partial charge in [-0.15, -0.1) is 0 Å². The van der Waals surface area contributed by atoms with E-state index in [1.54, 1.807) is 30.6 Å². The summed E-state index contributed by atoms with van der Waals surface area (Å²) in [6, 6.07) is 12.5. The highest BCUT2D eigenvalue weighted by molar-refractivity contribution is 6.31. The maximum atomic E-state index is 12.8. The van der Waals surface area contributed by atoms with E-state index in [4.69, 9.17) is 16.0 Å². The summed E-state index contributed by atoms with van der Waals surface area (Å²) in [6.45, 7) is 1.53. The van der Waals surface area contributed by atoms with Crippen LogP contribution in [0.1, 0.15) is 29.8 Å². The Labute approximate surface area is 174 Å². The van der Waals surface area contributed by atoms with Crippen LogP contribution in [-0.4, -0.2) is 35.2 Å². The number of aromatic nitrogens is 1. The Morgan fingerprint density at radius 2 is 1.97 bits per heavy atom. The molecular weight excluding hydrogens is 390 g/mol. The van der Waals surface area contributed by atoms with Crippen molar-refractivity contribution in [2.75, 3.05) is 23.3 Å². The van der Waals surface area contributed by atoms with E-state index in [2.05, 4.69) is 15.2 Å². The number of nitrogens with one attached hydrogen (secondary N) is 1. The number of benzene rings is 1. The van der Waals surface area contributed by atoms with Gasteiger partial charge in [-0.05, 0) is 61.7 Å². The van der Waals surface area contributed by atoms with Crippen LogP contribution in [0, 0.1) is 0 Å². The first-order valence-corrected chi connectivity index (χ1v) is 10.0. The van der Waals surface area contributed by atoms with Gasteiger partial charge in [0.2, 0.25) is 0 Å². The minimum Gasteiger partial charge on any atom is -0.451 e. The molecule has 0 aliphatic carbocycles. The van der Waals surface area contributed by atoms with E-state index in [-0.39, 0.29) is 17.8 Å². The summed E-state index contributed by atoms with van der Waals surface area (Å²) >= 11 is 6.19. The third-order valence-electron chi connectivity index (χ3n) is 5.04. The summed E-state index contributed by atoms with van der Waals surface area (Å²) in [7, 11) is 0. The largest absolute Gasteiger partial charge is 0.451 e. The molecule has 1 aliphatic rings. The van der Waals surface area contributed by atoms with Crippen molar-refractivity contribution in [1.82, 2.24) is 4.98 Å². The number of amides is 1. The predicted octanol–water partition coefficient (Wildman–Crippen LogP) is 4.60. The molecule has 150 valence electrons. The molecule has 7 heteroatoms. The van der Waals surface area contributed by atoms with Gasteiger partial charge in [0.25, 0.3) is 5.91 Å². The van der Waals surface area contributed by atoms with Crippen LogP contribution in [0.5, 0.6) is 0 Å². The first kappa shape index (κ1) is 19.5. The number of hydrogen-bond donors (Lipinski definition) is 2. The number of halogens is 1. The molecule has 3 aromatic rings. The maximum absolute atomic E-state index is 12.8. The van der Waals surface area contributed by atoms with Crippen LogP contribution < -0.4 is 10.2 Å². The molecule has 1 fully saturated rings. The Kier molecular flexibility index (Phi) is 5.83. The van der Waals surface area contributed by atoms with E-state index in [0.29, 0.717) is 22.9 Å². The van der Waals surface area contributed by atoms with Crippen LogP contribution in [0.15, 0.2) is 59.3 Å². The molecule has 0 unspecified atom stereocenters. The van der Waals surface area contributed by atoms with Crippen molar-refractivity contribution in [3.63, 3.8) is 0 Å². The molecule has 2 aromatic heterocycles. The van der Waals surface area contributed by atoms with Gasteiger partial charge < -0.3 is 19.7 Å². The van der Waals surface area contributed by atoms with Gasteiger partial charge in [-0.1, -0.05) is 11.6 Å². The fourth-order valence-electron chi connectivity index (χ4n) is 3.52. The third-order valence-corrected chi connectivity index (χ3v) is 5.27. The Morgan fingerprint density at radius 1 is 1.14 bits per heavy atom. The molecule has 29 heavy (non-hydrogen) atoms. The van der Waals surface area contributed by atoms with Crippen molar-refractivity contribution >= 4 is 28.9 Å². The highest BCUT2D eigenvalue weighted by Crippen LogP contribution is 2.32. The van der Waals surface area contributed by atoms with Crippen LogP contribution in [-0.2, 0) is 0 Å². The number of hydrogen-bond acceptors (Lipinski definition) is 5. The van der Waals surface area contributed by atoms with Gasteiger partial charge >= 0.3 is 0 Å². The zero-order valence-corrected chi connectivity index (χ0v) is 16.6. The van der Waals surface area contributed by atoms with Gasteiger partial charge in [0.05, 0.1) is 17.5 Å². The highest BCUT2D eigenvalue weighted by atomic mass is 35.5. The molecule has 0 bridgehead atoms. The minimum absolute atomic E-state index is 0.217. The van der Waals surface area contributed by atoms with Gasteiger partial charge in [0.1, 0.15) is 5.76 Å². The summed E-state index contributed by atoms with van der Waals surface area (Å²) in [6.07, 6.45) is 5.45. The molecule has 1 aromatic carbocycles. The fourth-order valence-corrected chi connectivity index (χ4v) is 3.69. The van der Waals surface area contributed by atoms with Crippen LogP contribution in [0.25, 0.3) is 11.3 Å². The molecule has 3 heterocycles. The van der Waals surface area contributed by atoms with E-state index in [0.717, 1.165) is 37.2 Å². The lowest BCUT2D eigenvalue weighted by Crippen LogP contribution is -2.26. The first-order valence-electron chi connectivity index (χ1n) is 9.64. The number of carbonyl (C=O) groups is 1. The van der Waals surface area contributed by atoms with E-state index in [1.165, 1.54) is 0 Å². The van der Waals surface area contributed by atoms with Crippen molar-refractivity contribution in [2.45, 2.75) is 25.4 Å². The van der Waals surface area contributed by atoms with Gasteiger partial charge in [-0.2, -0.15) is 0 Å². The number of furan rings is 1. The van der Waals surface area contributed by atoms with Gasteiger partial charge in [-0.25, -0.2) is 0 Å². The van der Waals surface area contributed by atoms with E-state index in [1.807, 2.05) is 24.3 Å². The molecule has 1 aliphatic heterocycles. The second-order valence-electron chi connectivity index (χ2n) is 7.09. The molecule has 0 saturated carbocycles. The van der Waals surface area contributed by atoms with Crippen molar-refractivity contribution in [3.05, 3.63) is 65.6 Å². The standard InChI is InChI=1S/C22H22ClN3O3/c23-16-3-4-19(26-12-1-2-17(27)9-13-26)18(14-16)25-22(28)21-6-5-20(29-21)15-7-10-24-11-8-15/h3-8,10-11,14,17,27H,1-2,9,12-13H2,(H,25,28)/t17-/m1/s1. The molecule has 0 radical (unpaired) electrons. The molecule has 6 nitrogen and oxygen atoms in total. The summed E-state index contributed by atoms with van der Waals surface area (Å²) < 4.78 is 5.73. The molecular formula is C22H22ClN3O3. The average molecular weight is 412 g/mol. The Morgan fingerprint density at radius 3 is 2.79 bits per heavy atom. The highest BCUT2D eigenvalue weighted by Gasteiger charge is 2.20. The van der Waals surface area contributed by atoms with Crippen LogP contribution >= 0.6 is 11.6 Å². The van der Waals surface area contributed by atoms with Crippen molar-refractivity contribution in [1.29, 1.82) is 0 Å². The maximum Gasteiger partial charge on any atom is 0.291 e. The Bertz CT molecular complexity index is 990. The number of carbonyl (C=O) groups excluding carboxylic acids is 1. The molecule has 0 spiro atoms. The fraction of sp³-hybridized carbons (Fsp3) is 0.273. The summed E-state index contributed by atoms with van der Waals surface area (Å²) in [5, 5.41) is 13.4. The van der Waals surface area contributed by atoms with E-state index >= 15 is 0 Å². The van der Waals surface area contributed by atoms with Gasteiger partial charge in [-0.3, -0.25) is 9.78 Å².